The zero-order chi connectivity index (χ0) is 20.2. The first-order chi connectivity index (χ1) is 14.2. The molecule has 0 spiro atoms. The maximum atomic E-state index is 12.5. The van der Waals surface area contributed by atoms with Crippen molar-refractivity contribution in [3.8, 4) is 17.3 Å². The summed E-state index contributed by atoms with van der Waals surface area (Å²) in [5, 5.41) is 17.7. The van der Waals surface area contributed by atoms with Gasteiger partial charge < -0.3 is 20.4 Å². The van der Waals surface area contributed by atoms with Crippen molar-refractivity contribution in [2.75, 3.05) is 49.1 Å². The normalized spacial score (nSPS) is 21.8. The van der Waals surface area contributed by atoms with Gasteiger partial charge in [0.1, 0.15) is 12.6 Å². The third-order valence-electron chi connectivity index (χ3n) is 5.54. The van der Waals surface area contributed by atoms with Crippen molar-refractivity contribution >= 4 is 28.1 Å². The summed E-state index contributed by atoms with van der Waals surface area (Å²) in [6, 6.07) is 10.3. The fourth-order valence-corrected chi connectivity index (χ4v) is 4.94. The van der Waals surface area contributed by atoms with Crippen molar-refractivity contribution in [2.24, 2.45) is 5.92 Å². The molecule has 2 fully saturated rings. The predicted molar refractivity (Wildman–Crippen MR) is 116 cm³/mol. The summed E-state index contributed by atoms with van der Waals surface area (Å²) in [5.41, 5.74) is 3.27. The smallest absolute Gasteiger partial charge is 0.243 e. The molecule has 2 saturated heterocycles. The second-order valence-corrected chi connectivity index (χ2v) is 8.52. The molecule has 2 aliphatic heterocycles. The first kappa shape index (κ1) is 19.7. The van der Waals surface area contributed by atoms with Gasteiger partial charge in [0.05, 0.1) is 11.8 Å². The summed E-state index contributed by atoms with van der Waals surface area (Å²) in [4.78, 5) is 21.8. The number of amides is 1. The van der Waals surface area contributed by atoms with Crippen LogP contribution in [0.25, 0.3) is 11.3 Å². The third-order valence-corrected chi connectivity index (χ3v) is 6.42. The van der Waals surface area contributed by atoms with Gasteiger partial charge in [-0.3, -0.25) is 4.79 Å². The van der Waals surface area contributed by atoms with E-state index >= 15 is 0 Å². The Morgan fingerprint density at radius 2 is 2.10 bits per heavy atom. The number of hydrogen-bond donors (Lipinski definition) is 2. The first-order valence-corrected chi connectivity index (χ1v) is 11.0. The van der Waals surface area contributed by atoms with Crippen LogP contribution in [-0.2, 0) is 4.79 Å². The van der Waals surface area contributed by atoms with Crippen LogP contribution in [0.15, 0.2) is 29.6 Å². The molecule has 7 nitrogen and oxygen atoms in total. The second kappa shape index (κ2) is 8.80. The van der Waals surface area contributed by atoms with Gasteiger partial charge >= 0.3 is 0 Å². The van der Waals surface area contributed by atoms with Crippen LogP contribution in [0.5, 0.6) is 0 Å². The molecule has 8 heteroatoms. The van der Waals surface area contributed by atoms with Crippen molar-refractivity contribution in [1.82, 2.24) is 15.6 Å². The van der Waals surface area contributed by atoms with Gasteiger partial charge in [-0.05, 0) is 24.5 Å². The summed E-state index contributed by atoms with van der Waals surface area (Å²) in [6.45, 7) is 7.10. The van der Waals surface area contributed by atoms with E-state index in [4.69, 9.17) is 10.2 Å². The van der Waals surface area contributed by atoms with Crippen LogP contribution in [0, 0.1) is 17.2 Å². The van der Waals surface area contributed by atoms with Gasteiger partial charge in [-0.1, -0.05) is 19.1 Å². The molecule has 2 aromatic rings. The molecule has 0 unspecified atom stereocenters. The molecule has 0 radical (unpaired) electrons. The van der Waals surface area contributed by atoms with Crippen molar-refractivity contribution in [2.45, 2.75) is 19.4 Å². The highest BCUT2D eigenvalue weighted by molar-refractivity contribution is 7.14. The lowest BCUT2D eigenvalue weighted by Gasteiger charge is -2.29. The highest BCUT2D eigenvalue weighted by Crippen LogP contribution is 2.34. The number of nitrogens with zero attached hydrogens (tertiary/aromatic N) is 4. The Bertz CT molecular complexity index is 883. The molecule has 1 aromatic heterocycles. The number of thiazole rings is 1. The molecular weight excluding hydrogens is 384 g/mol. The lowest BCUT2D eigenvalue weighted by Crippen LogP contribution is -2.43. The number of carbonyl (C=O) groups excluding carboxylic acids is 1. The van der Waals surface area contributed by atoms with Crippen LogP contribution in [0.2, 0.25) is 0 Å². The summed E-state index contributed by atoms with van der Waals surface area (Å²) in [6.07, 6.45) is 0.783. The van der Waals surface area contributed by atoms with E-state index in [2.05, 4.69) is 57.0 Å². The monoisotopic (exact) mass is 410 g/mol. The molecule has 2 N–H and O–H groups in total. The molecule has 1 aromatic carbocycles. The number of nitrogens with one attached hydrogen (secondary N) is 2. The Hall–Kier alpha value is -2.63. The number of carbonyl (C=O) groups is 1. The van der Waals surface area contributed by atoms with E-state index in [0.717, 1.165) is 55.5 Å². The summed E-state index contributed by atoms with van der Waals surface area (Å²) in [5.74, 6) is 0.325. The van der Waals surface area contributed by atoms with Crippen molar-refractivity contribution in [1.29, 1.82) is 5.26 Å². The largest absolute Gasteiger partial charge is 0.369 e. The minimum Gasteiger partial charge on any atom is -0.369 e. The van der Waals surface area contributed by atoms with Gasteiger partial charge in [-0.2, -0.15) is 5.26 Å². The van der Waals surface area contributed by atoms with Crippen LogP contribution in [0.1, 0.15) is 13.3 Å². The number of hydrogen-bond acceptors (Lipinski definition) is 7. The Morgan fingerprint density at radius 3 is 2.83 bits per heavy atom. The van der Waals surface area contributed by atoms with E-state index in [1.54, 1.807) is 11.3 Å². The minimum atomic E-state index is -0.257. The highest BCUT2D eigenvalue weighted by Gasteiger charge is 2.36. The lowest BCUT2D eigenvalue weighted by molar-refractivity contribution is -0.122. The van der Waals surface area contributed by atoms with Gasteiger partial charge in [0, 0.05) is 49.4 Å². The van der Waals surface area contributed by atoms with Crippen LogP contribution >= 0.6 is 11.3 Å². The molecule has 2 atom stereocenters. The third kappa shape index (κ3) is 4.36. The average Bonchev–Trinajstić information content (AvgIpc) is 3.39. The lowest BCUT2D eigenvalue weighted by atomic mass is 10.1. The molecule has 3 heterocycles. The number of rotatable bonds is 5. The summed E-state index contributed by atoms with van der Waals surface area (Å²) in [7, 11) is 0. The van der Waals surface area contributed by atoms with Crippen molar-refractivity contribution in [3.63, 3.8) is 0 Å². The van der Waals surface area contributed by atoms with E-state index < -0.39 is 0 Å². The summed E-state index contributed by atoms with van der Waals surface area (Å²) >= 11 is 1.57. The van der Waals surface area contributed by atoms with Gasteiger partial charge in [0.2, 0.25) is 5.91 Å². The minimum absolute atomic E-state index is 0.0418. The van der Waals surface area contributed by atoms with Crippen molar-refractivity contribution < 1.29 is 4.79 Å². The predicted octanol–water partition coefficient (Wildman–Crippen LogP) is 2.07. The highest BCUT2D eigenvalue weighted by atomic mass is 32.1. The molecule has 4 rings (SSSR count). The van der Waals surface area contributed by atoms with E-state index in [9.17, 15) is 4.79 Å². The Balaban J connectivity index is 1.48. The van der Waals surface area contributed by atoms with E-state index in [-0.39, 0.29) is 18.5 Å². The molecule has 0 saturated carbocycles. The van der Waals surface area contributed by atoms with E-state index in [1.165, 1.54) is 5.69 Å². The fraction of sp³-hybridized carbons (Fsp3) is 0.476. The SMILES string of the molecule is C[C@H]1C[C@@H](C(=O)NCC#N)N(c2nc(-c3ccc(N4CCNCC4)cc3)cs2)C1. The zero-order valence-corrected chi connectivity index (χ0v) is 17.4. The number of piperazine rings is 1. The second-order valence-electron chi connectivity index (χ2n) is 7.68. The van der Waals surface area contributed by atoms with Crippen LogP contribution in [0.4, 0.5) is 10.8 Å². The van der Waals surface area contributed by atoms with Gasteiger partial charge in [0.25, 0.3) is 0 Å². The van der Waals surface area contributed by atoms with Crippen LogP contribution in [-0.4, -0.2) is 56.2 Å². The maximum Gasteiger partial charge on any atom is 0.243 e. The molecule has 2 aliphatic rings. The van der Waals surface area contributed by atoms with E-state index in [1.807, 2.05) is 6.07 Å². The summed E-state index contributed by atoms with van der Waals surface area (Å²) < 4.78 is 0. The molecule has 1 amide bonds. The molecule has 0 bridgehead atoms. The fourth-order valence-electron chi connectivity index (χ4n) is 4.05. The average molecular weight is 411 g/mol. The quantitative estimate of drug-likeness (QED) is 0.734. The number of anilines is 2. The van der Waals surface area contributed by atoms with Gasteiger partial charge in [-0.25, -0.2) is 4.98 Å². The first-order valence-electron chi connectivity index (χ1n) is 10.1. The molecule has 0 aliphatic carbocycles. The van der Waals surface area contributed by atoms with Crippen LogP contribution < -0.4 is 20.4 Å². The standard InChI is InChI=1S/C21H26N6OS/c1-15-12-19(20(28)24-7-6-22)27(13-15)21-25-18(14-29-21)16-2-4-17(5-3-16)26-10-8-23-9-11-26/h2-5,14-15,19,23H,7-13H2,1H3,(H,24,28)/t15-,19-/m0/s1. The molecule has 152 valence electrons. The molecule has 29 heavy (non-hydrogen) atoms. The number of aromatic nitrogens is 1. The van der Waals surface area contributed by atoms with Gasteiger partial charge in [-0.15, -0.1) is 11.3 Å². The Morgan fingerprint density at radius 1 is 1.34 bits per heavy atom. The van der Waals surface area contributed by atoms with Crippen molar-refractivity contribution in [3.05, 3.63) is 29.6 Å². The Kier molecular flexibility index (Phi) is 5.97. The maximum absolute atomic E-state index is 12.5. The van der Waals surface area contributed by atoms with Crippen LogP contribution in [0.3, 0.4) is 0 Å². The Labute approximate surface area is 175 Å². The number of nitriles is 1. The number of benzene rings is 1. The molecular formula is C21H26N6OS. The zero-order valence-electron chi connectivity index (χ0n) is 16.6. The van der Waals surface area contributed by atoms with E-state index in [0.29, 0.717) is 5.92 Å². The van der Waals surface area contributed by atoms with Gasteiger partial charge in [0.15, 0.2) is 5.13 Å². The topological polar surface area (TPSA) is 84.3 Å².